The van der Waals surface area contributed by atoms with Gasteiger partial charge in [0, 0.05) is 43.2 Å². The van der Waals surface area contributed by atoms with Gasteiger partial charge in [0.15, 0.2) is 12.3 Å². The van der Waals surface area contributed by atoms with Crippen LogP contribution in [0.25, 0.3) is 36.9 Å². The normalized spacial score (nSPS) is 28.1. The molecule has 1 fully saturated rings. The van der Waals surface area contributed by atoms with Crippen LogP contribution in [-0.2, 0) is 0 Å². The monoisotopic (exact) mass is 812 g/mol. The van der Waals surface area contributed by atoms with E-state index < -0.39 is 0 Å². The Hall–Kier alpha value is -5.36. The van der Waals surface area contributed by atoms with Crippen molar-refractivity contribution in [3.63, 3.8) is 0 Å². The molecule has 5 aromatic carbocycles. The molecule has 6 aromatic rings. The van der Waals surface area contributed by atoms with Crippen molar-refractivity contribution in [2.75, 3.05) is 0 Å². The van der Waals surface area contributed by atoms with Crippen molar-refractivity contribution >= 4 is 37.1 Å². The predicted octanol–water partition coefficient (Wildman–Crippen LogP) is 12.7. The third-order valence-corrected chi connectivity index (χ3v) is 16.0. The van der Waals surface area contributed by atoms with Crippen LogP contribution in [0.2, 0.25) is 0 Å². The molecule has 5 aliphatic carbocycles. The van der Waals surface area contributed by atoms with Gasteiger partial charge in [0.1, 0.15) is 0 Å². The van der Waals surface area contributed by atoms with Gasteiger partial charge >= 0.3 is 0 Å². The summed E-state index contributed by atoms with van der Waals surface area (Å²) in [4.78, 5) is 0. The van der Waals surface area contributed by atoms with E-state index in [0.29, 0.717) is 29.6 Å². The van der Waals surface area contributed by atoms with Gasteiger partial charge in [0.25, 0.3) is 0 Å². The molecule has 4 N–H and O–H groups in total. The summed E-state index contributed by atoms with van der Waals surface area (Å²) < 4.78 is 2.85. The molecule has 6 aliphatic rings. The zero-order valence-electron chi connectivity index (χ0n) is 34.7. The van der Waals surface area contributed by atoms with Gasteiger partial charge in [-0.05, 0) is 119 Å². The molecule has 1 aliphatic heterocycles. The summed E-state index contributed by atoms with van der Waals surface area (Å²) in [5, 5.41) is 13.9. The zero-order chi connectivity index (χ0) is 40.3. The standard InChI is InChI=1S/C57H53N3S/c1-4-16-36(17-5-1)37-30-32-40(33-31-37)56-58-55(39-20-8-3-9-21-39)59-57(60-56)41-34-48-45-24-11-10-22-43(45)44-23-12-13-25-46(44)52(48)49(35-41)47-27-15-29-51-54(47)53-42(26-14-28-50(53)61-51)38-18-6-2-7-19-38/h1,3-5,8,10-18,20,22-34,44,46,48-49,52,55-60H,2,6-7,9,19,21,35H2/p+1. The molecule has 3 nitrogen and oxygen atoms in total. The SMILES string of the molecule is C1=CCCC(C2NC(c3ccc(-c4ccccc4)cc3)NC(C3=CC4c5ccccc5C5C=CC=CC5C4C(c4cccc5sc6cccc(C7=CCCCC7)c6c45)C3)[NH2+]2)=C1. The number of thiophene rings is 1. The van der Waals surface area contributed by atoms with Crippen LogP contribution in [0.5, 0.6) is 0 Å². The summed E-state index contributed by atoms with van der Waals surface area (Å²) in [5.74, 6) is 1.93. The molecule has 1 aromatic heterocycles. The van der Waals surface area contributed by atoms with E-state index in [-0.39, 0.29) is 18.5 Å². The minimum atomic E-state index is 0.0127. The van der Waals surface area contributed by atoms with Crippen LogP contribution < -0.4 is 16.0 Å². The number of rotatable bonds is 6. The largest absolute Gasteiger partial charge is 0.309 e. The molecule has 12 rings (SSSR count). The topological polar surface area (TPSA) is 40.7 Å². The van der Waals surface area contributed by atoms with Gasteiger partial charge in [-0.15, -0.1) is 11.3 Å². The second-order valence-electron chi connectivity index (χ2n) is 18.2. The van der Waals surface area contributed by atoms with Gasteiger partial charge in [-0.2, -0.15) is 0 Å². The average molecular weight is 813 g/mol. The summed E-state index contributed by atoms with van der Waals surface area (Å²) in [6, 6.07) is 43.8. The molecule has 61 heavy (non-hydrogen) atoms. The van der Waals surface area contributed by atoms with Gasteiger partial charge in [-0.3, -0.25) is 0 Å². The van der Waals surface area contributed by atoms with Crippen LogP contribution in [0, 0.1) is 11.8 Å². The summed E-state index contributed by atoms with van der Waals surface area (Å²) in [6.07, 6.45) is 30.4. The van der Waals surface area contributed by atoms with Crippen LogP contribution in [-0.4, -0.2) is 12.3 Å². The molecule has 8 atom stereocenters. The summed E-state index contributed by atoms with van der Waals surface area (Å²) >= 11 is 2.00. The van der Waals surface area contributed by atoms with Crippen molar-refractivity contribution in [3.05, 3.63) is 209 Å². The second kappa shape index (κ2) is 15.8. The Morgan fingerprint density at radius 3 is 2.13 bits per heavy atom. The Balaban J connectivity index is 1.01. The molecule has 2 heterocycles. The van der Waals surface area contributed by atoms with Crippen LogP contribution in [0.4, 0.5) is 0 Å². The number of fused-ring (bicyclic) bond motifs is 9. The minimum Gasteiger partial charge on any atom is -0.309 e. The first kappa shape index (κ1) is 37.4. The van der Waals surface area contributed by atoms with Crippen molar-refractivity contribution in [1.82, 2.24) is 10.6 Å². The fourth-order valence-corrected chi connectivity index (χ4v) is 13.3. The lowest BCUT2D eigenvalue weighted by molar-refractivity contribution is -0.727. The van der Waals surface area contributed by atoms with Crippen molar-refractivity contribution < 1.29 is 5.32 Å². The Kier molecular flexibility index (Phi) is 9.71. The number of benzene rings is 5. The molecule has 0 spiro atoms. The minimum absolute atomic E-state index is 0.0127. The average Bonchev–Trinajstić information content (AvgIpc) is 3.74. The van der Waals surface area contributed by atoms with Crippen molar-refractivity contribution in [2.24, 2.45) is 11.8 Å². The molecule has 0 amide bonds. The Bertz CT molecular complexity index is 2820. The molecule has 8 unspecified atom stereocenters. The van der Waals surface area contributed by atoms with Crippen LogP contribution in [0.1, 0.15) is 96.7 Å². The third-order valence-electron chi connectivity index (χ3n) is 14.9. The van der Waals surface area contributed by atoms with Crippen molar-refractivity contribution in [2.45, 2.75) is 81.2 Å². The highest BCUT2D eigenvalue weighted by Crippen LogP contribution is 2.59. The summed E-state index contributed by atoms with van der Waals surface area (Å²) in [6.45, 7) is 0. The van der Waals surface area contributed by atoms with Gasteiger partial charge in [0.2, 0.25) is 0 Å². The van der Waals surface area contributed by atoms with Gasteiger partial charge in [0.05, 0.1) is 6.17 Å². The van der Waals surface area contributed by atoms with E-state index in [1.54, 1.807) is 11.1 Å². The summed E-state index contributed by atoms with van der Waals surface area (Å²) in [7, 11) is 0. The smallest absolute Gasteiger partial charge is 0.165 e. The zero-order valence-corrected chi connectivity index (χ0v) is 35.5. The molecule has 0 bridgehead atoms. The number of hydrogen-bond acceptors (Lipinski definition) is 3. The Morgan fingerprint density at radius 2 is 1.33 bits per heavy atom. The second-order valence-corrected chi connectivity index (χ2v) is 19.3. The molecule has 1 saturated heterocycles. The van der Waals surface area contributed by atoms with E-state index in [1.165, 1.54) is 90.4 Å². The lowest BCUT2D eigenvalue weighted by Gasteiger charge is -2.50. The Labute approximate surface area is 364 Å². The van der Waals surface area contributed by atoms with E-state index >= 15 is 0 Å². The van der Waals surface area contributed by atoms with E-state index in [0.717, 1.165) is 19.3 Å². The lowest BCUT2D eigenvalue weighted by atomic mass is 9.54. The lowest BCUT2D eigenvalue weighted by Crippen LogP contribution is -3.04. The van der Waals surface area contributed by atoms with Gasteiger partial charge < -0.3 is 5.32 Å². The summed E-state index contributed by atoms with van der Waals surface area (Å²) in [5.41, 5.74) is 14.4. The Morgan fingerprint density at radius 1 is 0.590 bits per heavy atom. The quantitative estimate of drug-likeness (QED) is 0.147. The predicted molar refractivity (Wildman–Crippen MR) is 255 cm³/mol. The molecular formula is C57H54N3S+. The van der Waals surface area contributed by atoms with E-state index in [4.69, 9.17) is 0 Å². The first-order chi connectivity index (χ1) is 30.2. The van der Waals surface area contributed by atoms with Crippen molar-refractivity contribution in [1.29, 1.82) is 0 Å². The maximum absolute atomic E-state index is 4.22. The number of quaternary nitrogens is 1. The van der Waals surface area contributed by atoms with E-state index in [9.17, 15) is 0 Å². The molecule has 302 valence electrons. The maximum atomic E-state index is 4.22. The van der Waals surface area contributed by atoms with Crippen LogP contribution in [0.3, 0.4) is 0 Å². The fraction of sp³-hybridized carbons (Fsp3) is 0.263. The number of nitrogens with one attached hydrogen (secondary N) is 2. The fourth-order valence-electron chi connectivity index (χ4n) is 12.1. The van der Waals surface area contributed by atoms with E-state index in [2.05, 4.69) is 186 Å². The van der Waals surface area contributed by atoms with E-state index in [1.807, 2.05) is 11.3 Å². The molecule has 0 radical (unpaired) electrons. The highest BCUT2D eigenvalue weighted by molar-refractivity contribution is 7.25. The highest BCUT2D eigenvalue weighted by atomic mass is 32.1. The first-order valence-corrected chi connectivity index (χ1v) is 23.7. The molecular weight excluding hydrogens is 759 g/mol. The maximum Gasteiger partial charge on any atom is 0.165 e. The number of nitrogens with two attached hydrogens (primary N) is 1. The number of allylic oxidation sites excluding steroid dienone is 10. The first-order valence-electron chi connectivity index (χ1n) is 22.9. The van der Waals surface area contributed by atoms with Crippen LogP contribution in [0.15, 0.2) is 181 Å². The van der Waals surface area contributed by atoms with Crippen molar-refractivity contribution in [3.8, 4) is 11.1 Å². The molecule has 4 heteroatoms. The third kappa shape index (κ3) is 6.67. The van der Waals surface area contributed by atoms with Crippen LogP contribution >= 0.6 is 11.3 Å². The van der Waals surface area contributed by atoms with Gasteiger partial charge in [-0.1, -0.05) is 158 Å². The number of hydrogen-bond donors (Lipinski definition) is 3. The molecule has 0 saturated carbocycles. The highest BCUT2D eigenvalue weighted by Gasteiger charge is 2.49. The van der Waals surface area contributed by atoms with Gasteiger partial charge in [-0.25, -0.2) is 10.6 Å².